The molecular formula is C8H11NO3S. The molecule has 2 atom stereocenters. The van der Waals surface area contributed by atoms with Gasteiger partial charge in [-0.05, 0) is 17.7 Å². The molecule has 4 nitrogen and oxygen atoms in total. The summed E-state index contributed by atoms with van der Waals surface area (Å²) in [5.74, 6) is 0. The number of aliphatic hydroxyl groups excluding tert-OH is 1. The summed E-state index contributed by atoms with van der Waals surface area (Å²) in [7, 11) is 0. The highest BCUT2D eigenvalue weighted by Crippen LogP contribution is 2.19. The average molecular weight is 201 g/mol. The van der Waals surface area contributed by atoms with Gasteiger partial charge in [-0.1, -0.05) is 12.1 Å². The van der Waals surface area contributed by atoms with Crippen molar-refractivity contribution in [2.45, 2.75) is 5.25 Å². The second-order valence-corrected chi connectivity index (χ2v) is 3.74. The molecule has 0 saturated heterocycles. The molecule has 1 aromatic carbocycles. The molecule has 0 heterocycles. The lowest BCUT2D eigenvalue weighted by Gasteiger charge is -2.10. The molecule has 0 bridgehead atoms. The zero-order chi connectivity index (χ0) is 9.84. The standard InChI is InChI=1S/C8H11NO3S/c9-7-3-1-2-6(4-7)8(5-10)13(11)12/h1-4,8,10H,5,9H2,(H,11,12). The molecule has 0 aliphatic heterocycles. The zero-order valence-electron chi connectivity index (χ0n) is 6.88. The summed E-state index contributed by atoms with van der Waals surface area (Å²) in [4.78, 5) is 0. The summed E-state index contributed by atoms with van der Waals surface area (Å²) < 4.78 is 19.6. The van der Waals surface area contributed by atoms with Crippen molar-refractivity contribution in [1.82, 2.24) is 0 Å². The van der Waals surface area contributed by atoms with E-state index in [0.29, 0.717) is 11.3 Å². The Morgan fingerprint density at radius 3 is 2.69 bits per heavy atom. The van der Waals surface area contributed by atoms with E-state index < -0.39 is 16.3 Å². The van der Waals surface area contributed by atoms with Crippen molar-refractivity contribution in [3.8, 4) is 0 Å². The van der Waals surface area contributed by atoms with E-state index in [0.717, 1.165) is 0 Å². The van der Waals surface area contributed by atoms with Crippen LogP contribution in [0.15, 0.2) is 24.3 Å². The summed E-state index contributed by atoms with van der Waals surface area (Å²) in [5, 5.41) is 8.07. The van der Waals surface area contributed by atoms with Gasteiger partial charge in [0.1, 0.15) is 5.25 Å². The van der Waals surface area contributed by atoms with Gasteiger partial charge in [-0.2, -0.15) is 0 Å². The maximum absolute atomic E-state index is 10.8. The highest BCUT2D eigenvalue weighted by atomic mass is 32.2. The molecule has 0 radical (unpaired) electrons. The molecular weight excluding hydrogens is 190 g/mol. The molecule has 5 heteroatoms. The van der Waals surface area contributed by atoms with Gasteiger partial charge in [0.25, 0.3) is 0 Å². The quantitative estimate of drug-likeness (QED) is 0.492. The largest absolute Gasteiger partial charge is 0.399 e. The first kappa shape index (κ1) is 10.2. The number of aliphatic hydroxyl groups is 1. The van der Waals surface area contributed by atoms with Crippen LogP contribution in [0.3, 0.4) is 0 Å². The van der Waals surface area contributed by atoms with Crippen LogP contribution in [0.1, 0.15) is 10.8 Å². The number of hydrogen-bond donors (Lipinski definition) is 3. The Bertz CT molecular complexity index is 316. The van der Waals surface area contributed by atoms with Crippen molar-refractivity contribution in [1.29, 1.82) is 0 Å². The summed E-state index contributed by atoms with van der Waals surface area (Å²) in [6.07, 6.45) is 0. The fourth-order valence-electron chi connectivity index (χ4n) is 1.04. The van der Waals surface area contributed by atoms with Gasteiger partial charge in [0, 0.05) is 5.69 Å². The predicted molar refractivity (Wildman–Crippen MR) is 51.5 cm³/mol. The van der Waals surface area contributed by atoms with Gasteiger partial charge in [-0.15, -0.1) is 0 Å². The molecule has 0 aliphatic carbocycles. The number of anilines is 1. The third-order valence-corrected chi connectivity index (χ3v) is 2.60. The first-order valence-electron chi connectivity index (χ1n) is 3.71. The first-order valence-corrected chi connectivity index (χ1v) is 4.88. The van der Waals surface area contributed by atoms with Crippen LogP contribution < -0.4 is 5.73 Å². The van der Waals surface area contributed by atoms with Crippen LogP contribution in [-0.4, -0.2) is 20.5 Å². The first-order chi connectivity index (χ1) is 6.15. The van der Waals surface area contributed by atoms with Crippen molar-refractivity contribution < 1.29 is 13.9 Å². The van der Waals surface area contributed by atoms with Crippen LogP contribution >= 0.6 is 0 Å². The van der Waals surface area contributed by atoms with Crippen molar-refractivity contribution in [3.63, 3.8) is 0 Å². The topological polar surface area (TPSA) is 83.5 Å². The van der Waals surface area contributed by atoms with Crippen molar-refractivity contribution >= 4 is 16.8 Å². The van der Waals surface area contributed by atoms with E-state index in [1.165, 1.54) is 0 Å². The van der Waals surface area contributed by atoms with E-state index in [9.17, 15) is 4.21 Å². The lowest BCUT2D eigenvalue weighted by Crippen LogP contribution is -2.10. The summed E-state index contributed by atoms with van der Waals surface area (Å²) in [6.45, 7) is -0.368. The molecule has 1 aromatic rings. The van der Waals surface area contributed by atoms with Gasteiger partial charge in [0.15, 0.2) is 11.1 Å². The minimum atomic E-state index is -2.07. The number of nitrogen functional groups attached to an aromatic ring is 1. The summed E-state index contributed by atoms with van der Waals surface area (Å²) >= 11 is -2.07. The SMILES string of the molecule is Nc1cccc(C(CO)S(=O)O)c1. The number of hydrogen-bond acceptors (Lipinski definition) is 3. The zero-order valence-corrected chi connectivity index (χ0v) is 7.70. The van der Waals surface area contributed by atoms with Gasteiger partial charge in [-0.3, -0.25) is 0 Å². The summed E-state index contributed by atoms with van der Waals surface area (Å²) in [6, 6.07) is 6.60. The van der Waals surface area contributed by atoms with E-state index in [1.54, 1.807) is 24.3 Å². The Morgan fingerprint density at radius 2 is 2.23 bits per heavy atom. The van der Waals surface area contributed by atoms with Crippen LogP contribution in [0.5, 0.6) is 0 Å². The molecule has 0 aromatic heterocycles. The van der Waals surface area contributed by atoms with E-state index in [4.69, 9.17) is 15.4 Å². The molecule has 0 saturated carbocycles. The monoisotopic (exact) mass is 201 g/mol. The van der Waals surface area contributed by atoms with Gasteiger partial charge in [0.2, 0.25) is 0 Å². The fraction of sp³-hybridized carbons (Fsp3) is 0.250. The summed E-state index contributed by atoms with van der Waals surface area (Å²) in [5.41, 5.74) is 6.58. The Kier molecular flexibility index (Phi) is 3.41. The molecule has 1 rings (SSSR count). The van der Waals surface area contributed by atoms with Crippen molar-refractivity contribution in [2.24, 2.45) is 0 Å². The minimum absolute atomic E-state index is 0.368. The smallest absolute Gasteiger partial charge is 0.162 e. The molecule has 4 N–H and O–H groups in total. The molecule has 72 valence electrons. The third-order valence-electron chi connectivity index (χ3n) is 1.69. The molecule has 13 heavy (non-hydrogen) atoms. The molecule has 0 spiro atoms. The van der Waals surface area contributed by atoms with Crippen LogP contribution in [0.2, 0.25) is 0 Å². The normalized spacial score (nSPS) is 15.2. The Hall–Kier alpha value is -0.910. The fourth-order valence-corrected chi connectivity index (χ4v) is 1.55. The van der Waals surface area contributed by atoms with Gasteiger partial charge < -0.3 is 15.4 Å². The third kappa shape index (κ3) is 2.51. The van der Waals surface area contributed by atoms with E-state index >= 15 is 0 Å². The van der Waals surface area contributed by atoms with Gasteiger partial charge in [0.05, 0.1) is 6.61 Å². The number of benzene rings is 1. The van der Waals surface area contributed by atoms with Crippen LogP contribution in [-0.2, 0) is 11.1 Å². The maximum Gasteiger partial charge on any atom is 0.162 e. The second kappa shape index (κ2) is 4.36. The lowest BCUT2D eigenvalue weighted by molar-refractivity contribution is 0.290. The van der Waals surface area contributed by atoms with E-state index in [2.05, 4.69) is 0 Å². The molecule has 0 amide bonds. The average Bonchev–Trinajstić information content (AvgIpc) is 2.04. The highest BCUT2D eigenvalue weighted by Gasteiger charge is 2.16. The van der Waals surface area contributed by atoms with Crippen LogP contribution in [0, 0.1) is 0 Å². The van der Waals surface area contributed by atoms with Crippen LogP contribution in [0.4, 0.5) is 5.69 Å². The minimum Gasteiger partial charge on any atom is -0.399 e. The Labute approximate surface area is 78.7 Å². The Balaban J connectivity index is 2.98. The second-order valence-electron chi connectivity index (χ2n) is 2.62. The van der Waals surface area contributed by atoms with Gasteiger partial charge >= 0.3 is 0 Å². The molecule has 0 fully saturated rings. The number of nitrogens with two attached hydrogens (primary N) is 1. The van der Waals surface area contributed by atoms with Crippen LogP contribution in [0.25, 0.3) is 0 Å². The number of rotatable bonds is 3. The van der Waals surface area contributed by atoms with Crippen molar-refractivity contribution in [3.05, 3.63) is 29.8 Å². The predicted octanol–water partition coefficient (Wildman–Crippen LogP) is 0.524. The van der Waals surface area contributed by atoms with E-state index in [1.807, 2.05) is 0 Å². The maximum atomic E-state index is 10.8. The molecule has 2 unspecified atom stereocenters. The van der Waals surface area contributed by atoms with Gasteiger partial charge in [-0.25, -0.2) is 4.21 Å². The highest BCUT2D eigenvalue weighted by molar-refractivity contribution is 7.79. The molecule has 0 aliphatic rings. The van der Waals surface area contributed by atoms with Crippen molar-refractivity contribution in [2.75, 3.05) is 12.3 Å². The lowest BCUT2D eigenvalue weighted by atomic mass is 10.1. The Morgan fingerprint density at radius 1 is 1.54 bits per heavy atom. The van der Waals surface area contributed by atoms with E-state index in [-0.39, 0.29) is 6.61 Å².